The molecule has 2 rings (SSSR count). The van der Waals surface area contributed by atoms with E-state index in [1.54, 1.807) is 6.07 Å². The molecule has 19 heavy (non-hydrogen) atoms. The van der Waals surface area contributed by atoms with Gasteiger partial charge in [0.25, 0.3) is 0 Å². The molecule has 1 aliphatic rings. The van der Waals surface area contributed by atoms with E-state index in [0.29, 0.717) is 5.92 Å². The number of hydrogen-bond acceptors (Lipinski definition) is 3. The summed E-state index contributed by atoms with van der Waals surface area (Å²) in [6.45, 7) is 8.06. The molecule has 106 valence electrons. The monoisotopic (exact) mass is 266 g/mol. The first-order chi connectivity index (χ1) is 9.15. The van der Waals surface area contributed by atoms with Crippen molar-refractivity contribution in [1.82, 2.24) is 10.2 Å². The standard InChI is InChI=1S/C15H23FN2O/c1-3-11(2)14(18-9-7-17-8-10-18)12-5-4-6-13(16)15(12)19/h4-6,11,14,17,19H,3,7-10H2,1-2H3/t11?,14-/m1/s1. The molecule has 4 heteroatoms. The third-order valence-corrected chi connectivity index (χ3v) is 4.06. The van der Waals surface area contributed by atoms with E-state index in [9.17, 15) is 9.50 Å². The topological polar surface area (TPSA) is 35.5 Å². The average Bonchev–Trinajstić information content (AvgIpc) is 2.44. The van der Waals surface area contributed by atoms with E-state index >= 15 is 0 Å². The first-order valence-electron chi connectivity index (χ1n) is 7.07. The number of phenols is 1. The van der Waals surface area contributed by atoms with Crippen molar-refractivity contribution in [1.29, 1.82) is 0 Å². The highest BCUT2D eigenvalue weighted by atomic mass is 19.1. The van der Waals surface area contributed by atoms with Gasteiger partial charge in [0.05, 0.1) is 0 Å². The largest absolute Gasteiger partial charge is 0.505 e. The lowest BCUT2D eigenvalue weighted by Crippen LogP contribution is -2.46. The first kappa shape index (κ1) is 14.3. The summed E-state index contributed by atoms with van der Waals surface area (Å²) in [7, 11) is 0. The van der Waals surface area contributed by atoms with Gasteiger partial charge in [0.2, 0.25) is 0 Å². The average molecular weight is 266 g/mol. The van der Waals surface area contributed by atoms with Gasteiger partial charge in [-0.2, -0.15) is 0 Å². The molecule has 1 aliphatic heterocycles. The van der Waals surface area contributed by atoms with E-state index < -0.39 is 5.82 Å². The Hall–Kier alpha value is -1.13. The number of phenolic OH excluding ortho intramolecular Hbond substituents is 1. The minimum Gasteiger partial charge on any atom is -0.505 e. The number of nitrogens with one attached hydrogen (secondary N) is 1. The van der Waals surface area contributed by atoms with E-state index in [4.69, 9.17) is 0 Å². The van der Waals surface area contributed by atoms with Crippen molar-refractivity contribution in [2.75, 3.05) is 26.2 Å². The first-order valence-corrected chi connectivity index (χ1v) is 7.07. The highest BCUT2D eigenvalue weighted by Gasteiger charge is 2.29. The van der Waals surface area contributed by atoms with Crippen LogP contribution in [-0.4, -0.2) is 36.2 Å². The minimum absolute atomic E-state index is 0.0859. The Morgan fingerprint density at radius 1 is 1.37 bits per heavy atom. The van der Waals surface area contributed by atoms with Crippen molar-refractivity contribution in [2.24, 2.45) is 5.92 Å². The van der Waals surface area contributed by atoms with E-state index in [0.717, 1.165) is 38.2 Å². The molecule has 2 atom stereocenters. The van der Waals surface area contributed by atoms with E-state index in [-0.39, 0.29) is 11.8 Å². The van der Waals surface area contributed by atoms with Gasteiger partial charge in [0, 0.05) is 37.8 Å². The van der Waals surface area contributed by atoms with Crippen molar-refractivity contribution in [3.63, 3.8) is 0 Å². The van der Waals surface area contributed by atoms with Crippen molar-refractivity contribution in [3.8, 4) is 5.75 Å². The normalized spacial score (nSPS) is 20.2. The summed E-state index contributed by atoms with van der Waals surface area (Å²) < 4.78 is 13.6. The highest BCUT2D eigenvalue weighted by molar-refractivity contribution is 5.36. The molecular formula is C15H23FN2O. The summed E-state index contributed by atoms with van der Waals surface area (Å²) in [5, 5.41) is 13.4. The smallest absolute Gasteiger partial charge is 0.165 e. The molecule has 0 aliphatic carbocycles. The predicted molar refractivity (Wildman–Crippen MR) is 74.7 cm³/mol. The zero-order valence-corrected chi connectivity index (χ0v) is 11.7. The van der Waals surface area contributed by atoms with E-state index in [1.165, 1.54) is 6.07 Å². The van der Waals surface area contributed by atoms with Crippen LogP contribution < -0.4 is 5.32 Å². The van der Waals surface area contributed by atoms with Crippen molar-refractivity contribution >= 4 is 0 Å². The Kier molecular flexibility index (Phi) is 4.77. The van der Waals surface area contributed by atoms with Gasteiger partial charge in [0.15, 0.2) is 11.6 Å². The summed E-state index contributed by atoms with van der Waals surface area (Å²) in [5.74, 6) is -0.335. The number of piperazine rings is 1. The number of hydrogen-bond donors (Lipinski definition) is 2. The lowest BCUT2D eigenvalue weighted by Gasteiger charge is -2.38. The maximum atomic E-state index is 13.6. The third kappa shape index (κ3) is 3.07. The van der Waals surface area contributed by atoms with Crippen LogP contribution in [0.25, 0.3) is 0 Å². The van der Waals surface area contributed by atoms with Crippen LogP contribution in [0.15, 0.2) is 18.2 Å². The molecule has 0 radical (unpaired) electrons. The second-order valence-electron chi connectivity index (χ2n) is 5.29. The second kappa shape index (κ2) is 6.35. The van der Waals surface area contributed by atoms with Crippen LogP contribution in [-0.2, 0) is 0 Å². The zero-order chi connectivity index (χ0) is 13.8. The van der Waals surface area contributed by atoms with Crippen LogP contribution in [0.5, 0.6) is 5.75 Å². The Bertz CT molecular complexity index is 419. The summed E-state index contributed by atoms with van der Waals surface area (Å²) in [6.07, 6.45) is 1.00. The van der Waals surface area contributed by atoms with Gasteiger partial charge in [-0.1, -0.05) is 32.4 Å². The number of para-hydroxylation sites is 1. The van der Waals surface area contributed by atoms with Gasteiger partial charge in [0.1, 0.15) is 0 Å². The molecule has 0 spiro atoms. The quantitative estimate of drug-likeness (QED) is 0.879. The molecule has 1 heterocycles. The maximum absolute atomic E-state index is 13.6. The number of nitrogens with zero attached hydrogens (tertiary/aromatic N) is 1. The Morgan fingerprint density at radius 3 is 2.68 bits per heavy atom. The van der Waals surface area contributed by atoms with Gasteiger partial charge < -0.3 is 10.4 Å². The van der Waals surface area contributed by atoms with Crippen LogP contribution >= 0.6 is 0 Å². The van der Waals surface area contributed by atoms with Gasteiger partial charge in [-0.05, 0) is 12.0 Å². The number of halogens is 1. The van der Waals surface area contributed by atoms with Crippen LogP contribution in [0, 0.1) is 11.7 Å². The van der Waals surface area contributed by atoms with Gasteiger partial charge in [-0.3, -0.25) is 4.90 Å². The summed E-state index contributed by atoms with van der Waals surface area (Å²) in [4.78, 5) is 2.35. The molecule has 1 fully saturated rings. The Morgan fingerprint density at radius 2 is 2.05 bits per heavy atom. The van der Waals surface area contributed by atoms with E-state index in [2.05, 4.69) is 24.1 Å². The molecule has 0 amide bonds. The number of aromatic hydroxyl groups is 1. The van der Waals surface area contributed by atoms with Crippen molar-refractivity contribution in [3.05, 3.63) is 29.6 Å². The Labute approximate surface area is 114 Å². The lowest BCUT2D eigenvalue weighted by molar-refractivity contribution is 0.125. The third-order valence-electron chi connectivity index (χ3n) is 4.06. The number of benzene rings is 1. The molecular weight excluding hydrogens is 243 g/mol. The molecule has 1 aromatic carbocycles. The molecule has 1 saturated heterocycles. The maximum Gasteiger partial charge on any atom is 0.165 e. The van der Waals surface area contributed by atoms with Gasteiger partial charge >= 0.3 is 0 Å². The fourth-order valence-electron chi connectivity index (χ4n) is 2.82. The molecule has 2 N–H and O–H groups in total. The predicted octanol–water partition coefficient (Wildman–Crippen LogP) is 2.52. The zero-order valence-electron chi connectivity index (χ0n) is 11.7. The molecule has 1 unspecified atom stereocenters. The van der Waals surface area contributed by atoms with Gasteiger partial charge in [-0.25, -0.2) is 4.39 Å². The van der Waals surface area contributed by atoms with Crippen LogP contribution in [0.2, 0.25) is 0 Å². The molecule has 0 bridgehead atoms. The Balaban J connectivity index is 2.33. The van der Waals surface area contributed by atoms with Crippen LogP contribution in [0.3, 0.4) is 0 Å². The summed E-state index contributed by atoms with van der Waals surface area (Å²) in [6, 6.07) is 4.92. The van der Waals surface area contributed by atoms with Crippen molar-refractivity contribution in [2.45, 2.75) is 26.3 Å². The van der Waals surface area contributed by atoms with E-state index in [1.807, 2.05) is 6.07 Å². The summed E-state index contributed by atoms with van der Waals surface area (Å²) >= 11 is 0. The van der Waals surface area contributed by atoms with Crippen LogP contribution in [0.4, 0.5) is 4.39 Å². The van der Waals surface area contributed by atoms with Crippen LogP contribution in [0.1, 0.15) is 31.9 Å². The fraction of sp³-hybridized carbons (Fsp3) is 0.600. The SMILES string of the molecule is CCC(C)[C@H](c1cccc(F)c1O)N1CCNCC1. The molecule has 3 nitrogen and oxygen atoms in total. The highest BCUT2D eigenvalue weighted by Crippen LogP contribution is 2.36. The second-order valence-corrected chi connectivity index (χ2v) is 5.29. The minimum atomic E-state index is -0.527. The summed E-state index contributed by atoms with van der Waals surface area (Å²) in [5.41, 5.74) is 0.719. The number of rotatable bonds is 4. The van der Waals surface area contributed by atoms with Crippen molar-refractivity contribution < 1.29 is 9.50 Å². The fourth-order valence-corrected chi connectivity index (χ4v) is 2.82. The lowest BCUT2D eigenvalue weighted by atomic mass is 9.90. The molecule has 0 saturated carbocycles. The van der Waals surface area contributed by atoms with Gasteiger partial charge in [-0.15, -0.1) is 0 Å². The molecule has 1 aromatic rings. The molecule has 0 aromatic heterocycles.